The first kappa shape index (κ1) is 22.7. The first-order chi connectivity index (χ1) is 13.5. The minimum atomic E-state index is -1.18. The number of alkyl carbamates (subject to hydrolysis) is 1. The highest BCUT2D eigenvalue weighted by atomic mass is 16.6. The Bertz CT molecular complexity index is 742. The molecule has 2 N–H and O–H groups in total. The molecule has 7 nitrogen and oxygen atoms in total. The molecule has 29 heavy (non-hydrogen) atoms. The molecule has 0 aromatic heterocycles. The molecule has 7 heteroatoms. The van der Waals surface area contributed by atoms with Crippen molar-refractivity contribution in [3.05, 3.63) is 35.4 Å². The van der Waals surface area contributed by atoms with Crippen LogP contribution in [0.3, 0.4) is 0 Å². The molecule has 0 saturated carbocycles. The quantitative estimate of drug-likeness (QED) is 0.711. The summed E-state index contributed by atoms with van der Waals surface area (Å²) in [6.07, 6.45) is 0.445. The minimum Gasteiger partial charge on any atom is -0.467 e. The Hall–Kier alpha value is -2.57. The molecule has 0 bridgehead atoms. The molecular weight excluding hydrogens is 372 g/mol. The number of amides is 2. The third-order valence-corrected chi connectivity index (χ3v) is 4.76. The fraction of sp³-hybridized carbons (Fsp3) is 0.591. The number of hydrogen-bond acceptors (Lipinski definition) is 5. The van der Waals surface area contributed by atoms with Crippen LogP contribution < -0.4 is 10.6 Å². The number of carbonyl (C=O) groups excluding carboxylic acids is 3. The summed E-state index contributed by atoms with van der Waals surface area (Å²) >= 11 is 0. The molecule has 0 radical (unpaired) electrons. The molecule has 1 unspecified atom stereocenters. The summed E-state index contributed by atoms with van der Waals surface area (Å²) in [5, 5.41) is 5.53. The standard InChI is InChI=1S/C22H32N2O5/c1-14(2)11-17(23-20(27)29-21(3,4)5)18(25)24-22(19(26)28-6)12-15-9-7-8-10-16(15)13-22/h7-10,14,17H,11-13H2,1-6H3,(H,23,27)(H,24,25). The van der Waals surface area contributed by atoms with E-state index in [0.29, 0.717) is 19.3 Å². The zero-order chi connectivity index (χ0) is 21.8. The van der Waals surface area contributed by atoms with Crippen LogP contribution in [0, 0.1) is 5.92 Å². The van der Waals surface area contributed by atoms with Gasteiger partial charge in [0.15, 0.2) is 0 Å². The number of methoxy groups -OCH3 is 1. The lowest BCUT2D eigenvalue weighted by Gasteiger charge is -2.30. The van der Waals surface area contributed by atoms with Crippen LogP contribution in [0.1, 0.15) is 52.2 Å². The van der Waals surface area contributed by atoms with Gasteiger partial charge in [0, 0.05) is 12.8 Å². The van der Waals surface area contributed by atoms with Crippen molar-refractivity contribution in [1.82, 2.24) is 10.6 Å². The summed E-state index contributed by atoms with van der Waals surface area (Å²) in [4.78, 5) is 38.0. The van der Waals surface area contributed by atoms with Gasteiger partial charge < -0.3 is 20.1 Å². The SMILES string of the molecule is COC(=O)C1(NC(=O)C(CC(C)C)NC(=O)OC(C)(C)C)Cc2ccccc2C1. The van der Waals surface area contributed by atoms with Gasteiger partial charge in [-0.15, -0.1) is 0 Å². The van der Waals surface area contributed by atoms with Gasteiger partial charge in [0.25, 0.3) is 0 Å². The molecule has 0 heterocycles. The maximum atomic E-state index is 13.1. The van der Waals surface area contributed by atoms with Crippen molar-refractivity contribution >= 4 is 18.0 Å². The van der Waals surface area contributed by atoms with E-state index in [9.17, 15) is 14.4 Å². The second-order valence-electron chi connectivity index (χ2n) is 9.01. The number of hydrogen-bond donors (Lipinski definition) is 2. The third kappa shape index (κ3) is 5.95. The Kier molecular flexibility index (Phi) is 6.93. The molecule has 0 aliphatic heterocycles. The van der Waals surface area contributed by atoms with E-state index in [2.05, 4.69) is 10.6 Å². The predicted molar refractivity (Wildman–Crippen MR) is 109 cm³/mol. The van der Waals surface area contributed by atoms with Gasteiger partial charge in [-0.2, -0.15) is 0 Å². The van der Waals surface area contributed by atoms with Crippen molar-refractivity contribution in [3.63, 3.8) is 0 Å². The van der Waals surface area contributed by atoms with E-state index in [1.165, 1.54) is 7.11 Å². The molecule has 1 aliphatic rings. The molecule has 0 fully saturated rings. The Labute approximate surface area is 172 Å². The number of carbonyl (C=O) groups is 3. The Morgan fingerprint density at radius 3 is 2.10 bits per heavy atom. The summed E-state index contributed by atoms with van der Waals surface area (Å²) < 4.78 is 10.3. The average Bonchev–Trinajstić information content (AvgIpc) is 2.97. The minimum absolute atomic E-state index is 0.149. The molecule has 2 amide bonds. The van der Waals surface area contributed by atoms with Crippen LogP contribution in [0.4, 0.5) is 4.79 Å². The van der Waals surface area contributed by atoms with Crippen molar-refractivity contribution in [2.45, 2.75) is 71.1 Å². The zero-order valence-electron chi connectivity index (χ0n) is 18.1. The number of benzene rings is 1. The van der Waals surface area contributed by atoms with E-state index in [1.807, 2.05) is 38.1 Å². The molecule has 1 aliphatic carbocycles. The number of rotatable bonds is 6. The summed E-state index contributed by atoms with van der Waals surface area (Å²) in [6, 6.07) is 6.86. The van der Waals surface area contributed by atoms with Gasteiger partial charge in [-0.25, -0.2) is 9.59 Å². The molecule has 0 spiro atoms. The second-order valence-corrected chi connectivity index (χ2v) is 9.01. The van der Waals surface area contributed by atoms with Gasteiger partial charge in [0.2, 0.25) is 5.91 Å². The largest absolute Gasteiger partial charge is 0.467 e. The Balaban J connectivity index is 2.21. The number of fused-ring (bicyclic) bond motifs is 1. The van der Waals surface area contributed by atoms with Crippen molar-refractivity contribution in [3.8, 4) is 0 Å². The zero-order valence-corrected chi connectivity index (χ0v) is 18.1. The molecule has 1 atom stereocenters. The van der Waals surface area contributed by atoms with Crippen LogP contribution in [-0.2, 0) is 31.9 Å². The summed E-state index contributed by atoms with van der Waals surface area (Å²) in [6.45, 7) is 9.18. The van der Waals surface area contributed by atoms with Crippen molar-refractivity contribution in [1.29, 1.82) is 0 Å². The predicted octanol–water partition coefficient (Wildman–Crippen LogP) is 2.75. The lowest BCUT2D eigenvalue weighted by molar-refractivity contribution is -0.150. The van der Waals surface area contributed by atoms with Crippen molar-refractivity contribution in [2.75, 3.05) is 7.11 Å². The van der Waals surface area contributed by atoms with Crippen LogP contribution in [0.25, 0.3) is 0 Å². The van der Waals surface area contributed by atoms with Crippen LogP contribution in [0.2, 0.25) is 0 Å². The second kappa shape index (κ2) is 8.84. The number of esters is 1. The van der Waals surface area contributed by atoms with Gasteiger partial charge in [0.05, 0.1) is 7.11 Å². The number of ether oxygens (including phenoxy) is 2. The maximum Gasteiger partial charge on any atom is 0.408 e. The van der Waals surface area contributed by atoms with Crippen LogP contribution in [0.5, 0.6) is 0 Å². The van der Waals surface area contributed by atoms with E-state index in [4.69, 9.17) is 9.47 Å². The third-order valence-electron chi connectivity index (χ3n) is 4.76. The number of nitrogens with one attached hydrogen (secondary N) is 2. The highest BCUT2D eigenvalue weighted by Crippen LogP contribution is 2.31. The molecule has 0 saturated heterocycles. The lowest BCUT2D eigenvalue weighted by Crippen LogP contribution is -2.60. The fourth-order valence-electron chi connectivity index (χ4n) is 3.57. The molecule has 160 valence electrons. The van der Waals surface area contributed by atoms with E-state index < -0.39 is 35.2 Å². The van der Waals surface area contributed by atoms with Gasteiger partial charge in [-0.1, -0.05) is 38.1 Å². The highest BCUT2D eigenvalue weighted by molar-refractivity contribution is 5.93. The monoisotopic (exact) mass is 404 g/mol. The van der Waals surface area contributed by atoms with Crippen LogP contribution in [-0.4, -0.2) is 42.3 Å². The Morgan fingerprint density at radius 2 is 1.66 bits per heavy atom. The molecular formula is C22H32N2O5. The average molecular weight is 405 g/mol. The topological polar surface area (TPSA) is 93.7 Å². The fourth-order valence-corrected chi connectivity index (χ4v) is 3.57. The van der Waals surface area contributed by atoms with Gasteiger partial charge >= 0.3 is 12.1 Å². The van der Waals surface area contributed by atoms with Gasteiger partial charge in [-0.3, -0.25) is 4.79 Å². The normalized spacial score (nSPS) is 16.0. The van der Waals surface area contributed by atoms with Gasteiger partial charge in [0.1, 0.15) is 17.2 Å². The first-order valence-corrected chi connectivity index (χ1v) is 9.92. The Morgan fingerprint density at radius 1 is 1.10 bits per heavy atom. The van der Waals surface area contributed by atoms with Gasteiger partial charge in [-0.05, 0) is 44.2 Å². The molecule has 1 aromatic carbocycles. The van der Waals surface area contributed by atoms with E-state index in [1.54, 1.807) is 20.8 Å². The van der Waals surface area contributed by atoms with Crippen molar-refractivity contribution < 1.29 is 23.9 Å². The maximum absolute atomic E-state index is 13.1. The van der Waals surface area contributed by atoms with Crippen molar-refractivity contribution in [2.24, 2.45) is 5.92 Å². The highest BCUT2D eigenvalue weighted by Gasteiger charge is 2.47. The summed E-state index contributed by atoms with van der Waals surface area (Å²) in [7, 11) is 1.31. The lowest BCUT2D eigenvalue weighted by atomic mass is 9.94. The van der Waals surface area contributed by atoms with E-state index >= 15 is 0 Å². The molecule has 2 rings (SSSR count). The smallest absolute Gasteiger partial charge is 0.408 e. The van der Waals surface area contributed by atoms with Crippen LogP contribution >= 0.6 is 0 Å². The summed E-state index contributed by atoms with van der Waals surface area (Å²) in [5.74, 6) is -0.777. The van der Waals surface area contributed by atoms with E-state index in [0.717, 1.165) is 11.1 Å². The van der Waals surface area contributed by atoms with Crippen LogP contribution in [0.15, 0.2) is 24.3 Å². The molecule has 1 aromatic rings. The van der Waals surface area contributed by atoms with E-state index in [-0.39, 0.29) is 5.92 Å². The summed E-state index contributed by atoms with van der Waals surface area (Å²) in [5.41, 5.74) is 0.140. The first-order valence-electron chi connectivity index (χ1n) is 9.92.